The standard InChI is InChI=1S/C20H28N6O/c1-7-25-12-17(9-21-25)11-24(10-13(2)3)20(27)18-16(6)23-26-15(5)8-14(4)22-19(18)26/h8-9,12-13H,7,10-11H2,1-6H3. The van der Waals surface area contributed by atoms with Crippen molar-refractivity contribution in [1.29, 1.82) is 0 Å². The van der Waals surface area contributed by atoms with E-state index in [1.165, 1.54) is 0 Å². The number of hydrogen-bond acceptors (Lipinski definition) is 4. The van der Waals surface area contributed by atoms with Crippen LogP contribution in [0.2, 0.25) is 0 Å². The van der Waals surface area contributed by atoms with E-state index >= 15 is 0 Å². The van der Waals surface area contributed by atoms with Crippen LogP contribution < -0.4 is 0 Å². The van der Waals surface area contributed by atoms with E-state index in [4.69, 9.17) is 0 Å². The first kappa shape index (κ1) is 19.1. The molecule has 0 radical (unpaired) electrons. The van der Waals surface area contributed by atoms with E-state index in [1.54, 1.807) is 4.52 Å². The zero-order chi connectivity index (χ0) is 19.7. The highest BCUT2D eigenvalue weighted by Crippen LogP contribution is 2.20. The van der Waals surface area contributed by atoms with Crippen molar-refractivity contribution >= 4 is 11.6 Å². The van der Waals surface area contributed by atoms with Gasteiger partial charge in [0.15, 0.2) is 5.65 Å². The van der Waals surface area contributed by atoms with Gasteiger partial charge in [-0.25, -0.2) is 9.50 Å². The van der Waals surface area contributed by atoms with Crippen molar-refractivity contribution in [3.63, 3.8) is 0 Å². The molecular weight excluding hydrogens is 340 g/mol. The third-order valence-electron chi connectivity index (χ3n) is 4.54. The van der Waals surface area contributed by atoms with Crippen LogP contribution in [0.15, 0.2) is 18.5 Å². The molecule has 0 aliphatic heterocycles. The zero-order valence-electron chi connectivity index (χ0n) is 17.0. The van der Waals surface area contributed by atoms with Crippen LogP contribution in [0.3, 0.4) is 0 Å². The van der Waals surface area contributed by atoms with Gasteiger partial charge in [-0.2, -0.15) is 10.2 Å². The lowest BCUT2D eigenvalue weighted by molar-refractivity contribution is 0.0723. The third kappa shape index (κ3) is 3.86. The van der Waals surface area contributed by atoms with E-state index in [0.29, 0.717) is 35.9 Å². The lowest BCUT2D eigenvalue weighted by atomic mass is 10.1. The van der Waals surface area contributed by atoms with E-state index in [-0.39, 0.29) is 5.91 Å². The first-order chi connectivity index (χ1) is 12.8. The first-order valence-electron chi connectivity index (χ1n) is 9.44. The molecule has 0 atom stereocenters. The number of amides is 1. The van der Waals surface area contributed by atoms with Gasteiger partial charge in [0.2, 0.25) is 0 Å². The highest BCUT2D eigenvalue weighted by Gasteiger charge is 2.25. The Labute approximate surface area is 160 Å². The van der Waals surface area contributed by atoms with E-state index < -0.39 is 0 Å². The van der Waals surface area contributed by atoms with Gasteiger partial charge in [0.05, 0.1) is 11.9 Å². The Balaban J connectivity index is 2.01. The molecule has 0 N–H and O–H groups in total. The minimum atomic E-state index is -0.0297. The largest absolute Gasteiger partial charge is 0.334 e. The summed E-state index contributed by atoms with van der Waals surface area (Å²) in [6.07, 6.45) is 3.83. The maximum absolute atomic E-state index is 13.5. The van der Waals surface area contributed by atoms with Crippen LogP contribution in [-0.4, -0.2) is 41.7 Å². The summed E-state index contributed by atoms with van der Waals surface area (Å²) in [5, 5.41) is 8.88. The Bertz CT molecular complexity index is 968. The molecule has 1 amide bonds. The van der Waals surface area contributed by atoms with Gasteiger partial charge in [0.1, 0.15) is 5.56 Å². The molecule has 0 saturated heterocycles. The van der Waals surface area contributed by atoms with Crippen LogP contribution in [0.4, 0.5) is 0 Å². The second-order valence-corrected chi connectivity index (χ2v) is 7.52. The lowest BCUT2D eigenvalue weighted by Gasteiger charge is -2.24. The molecule has 3 rings (SSSR count). The molecule has 7 nitrogen and oxygen atoms in total. The predicted octanol–water partition coefficient (Wildman–Crippen LogP) is 3.17. The lowest BCUT2D eigenvalue weighted by Crippen LogP contribution is -2.34. The van der Waals surface area contributed by atoms with Crippen molar-refractivity contribution in [2.45, 2.75) is 54.6 Å². The van der Waals surface area contributed by atoms with Crippen LogP contribution in [0, 0.1) is 26.7 Å². The summed E-state index contributed by atoms with van der Waals surface area (Å²) in [5.41, 5.74) is 4.81. The van der Waals surface area contributed by atoms with Gasteiger partial charge in [-0.15, -0.1) is 0 Å². The predicted molar refractivity (Wildman–Crippen MR) is 105 cm³/mol. The second-order valence-electron chi connectivity index (χ2n) is 7.52. The van der Waals surface area contributed by atoms with Gasteiger partial charge in [-0.1, -0.05) is 13.8 Å². The normalized spacial score (nSPS) is 11.5. The number of aryl methyl sites for hydroxylation is 4. The molecule has 0 bridgehead atoms. The average Bonchev–Trinajstić information content (AvgIpc) is 3.17. The highest BCUT2D eigenvalue weighted by molar-refractivity contribution is 6.01. The maximum atomic E-state index is 13.5. The zero-order valence-corrected chi connectivity index (χ0v) is 17.0. The molecule has 0 saturated carbocycles. The molecule has 0 unspecified atom stereocenters. The number of fused-ring (bicyclic) bond motifs is 1. The minimum absolute atomic E-state index is 0.0297. The average molecular weight is 368 g/mol. The maximum Gasteiger partial charge on any atom is 0.259 e. The Hall–Kier alpha value is -2.70. The van der Waals surface area contributed by atoms with E-state index in [1.807, 2.05) is 55.7 Å². The smallest absolute Gasteiger partial charge is 0.259 e. The van der Waals surface area contributed by atoms with Crippen LogP contribution >= 0.6 is 0 Å². The number of hydrogen-bond donors (Lipinski definition) is 0. The molecule has 7 heteroatoms. The fourth-order valence-electron chi connectivity index (χ4n) is 3.38. The molecule has 3 aromatic heterocycles. The summed E-state index contributed by atoms with van der Waals surface area (Å²) < 4.78 is 3.64. The van der Waals surface area contributed by atoms with Crippen LogP contribution in [0.5, 0.6) is 0 Å². The van der Waals surface area contributed by atoms with Crippen molar-refractivity contribution < 1.29 is 4.79 Å². The molecule has 144 valence electrons. The molecule has 0 fully saturated rings. The second kappa shape index (κ2) is 7.50. The molecule has 3 aromatic rings. The number of nitrogens with zero attached hydrogens (tertiary/aromatic N) is 6. The van der Waals surface area contributed by atoms with Crippen molar-refractivity contribution in [2.24, 2.45) is 5.92 Å². The number of aromatic nitrogens is 5. The summed E-state index contributed by atoms with van der Waals surface area (Å²) in [5.74, 6) is 0.326. The van der Waals surface area contributed by atoms with Crippen molar-refractivity contribution in [3.05, 3.63) is 46.7 Å². The molecule has 3 heterocycles. The Morgan fingerprint density at radius 2 is 2.00 bits per heavy atom. The Morgan fingerprint density at radius 1 is 1.26 bits per heavy atom. The van der Waals surface area contributed by atoms with Crippen molar-refractivity contribution in [1.82, 2.24) is 29.3 Å². The fourth-order valence-corrected chi connectivity index (χ4v) is 3.38. The van der Waals surface area contributed by atoms with Crippen molar-refractivity contribution in [2.75, 3.05) is 6.54 Å². The monoisotopic (exact) mass is 368 g/mol. The minimum Gasteiger partial charge on any atom is -0.334 e. The van der Waals surface area contributed by atoms with Crippen LogP contribution in [0.1, 0.15) is 53.8 Å². The van der Waals surface area contributed by atoms with Crippen LogP contribution in [-0.2, 0) is 13.1 Å². The summed E-state index contributed by atoms with van der Waals surface area (Å²) in [4.78, 5) is 20.0. The molecular formula is C20H28N6O. The molecule has 0 aliphatic carbocycles. The number of carbonyl (C=O) groups is 1. The number of carbonyl (C=O) groups excluding carboxylic acids is 1. The van der Waals surface area contributed by atoms with Crippen molar-refractivity contribution in [3.8, 4) is 0 Å². The highest BCUT2D eigenvalue weighted by atomic mass is 16.2. The molecule has 0 aromatic carbocycles. The van der Waals surface area contributed by atoms with Gasteiger partial charge in [-0.05, 0) is 39.7 Å². The third-order valence-corrected chi connectivity index (χ3v) is 4.54. The summed E-state index contributed by atoms with van der Waals surface area (Å²) in [6.45, 7) is 14.1. The first-order valence-corrected chi connectivity index (χ1v) is 9.44. The van der Waals surface area contributed by atoms with Gasteiger partial charge in [-0.3, -0.25) is 9.48 Å². The number of rotatable bonds is 6. The topological polar surface area (TPSA) is 68.3 Å². The fraction of sp³-hybridized carbons (Fsp3) is 0.500. The van der Waals surface area contributed by atoms with Crippen LogP contribution in [0.25, 0.3) is 5.65 Å². The Morgan fingerprint density at radius 3 is 2.63 bits per heavy atom. The van der Waals surface area contributed by atoms with E-state index in [0.717, 1.165) is 23.5 Å². The summed E-state index contributed by atoms with van der Waals surface area (Å²) in [7, 11) is 0. The summed E-state index contributed by atoms with van der Waals surface area (Å²) >= 11 is 0. The quantitative estimate of drug-likeness (QED) is 0.670. The van der Waals surface area contributed by atoms with Gasteiger partial charge in [0.25, 0.3) is 5.91 Å². The molecule has 27 heavy (non-hydrogen) atoms. The van der Waals surface area contributed by atoms with E-state index in [2.05, 4.69) is 29.0 Å². The van der Waals surface area contributed by atoms with Gasteiger partial charge < -0.3 is 4.90 Å². The van der Waals surface area contributed by atoms with E-state index in [9.17, 15) is 4.79 Å². The van der Waals surface area contributed by atoms with Gasteiger partial charge in [0, 0.05) is 42.8 Å². The molecule has 0 aliphatic rings. The van der Waals surface area contributed by atoms with Gasteiger partial charge >= 0.3 is 0 Å². The SMILES string of the molecule is CCn1cc(CN(CC(C)C)C(=O)c2c(C)nn3c(C)cc(C)nc23)cn1. The Kier molecular flexibility index (Phi) is 5.30. The molecule has 0 spiro atoms. The summed E-state index contributed by atoms with van der Waals surface area (Å²) in [6, 6.07) is 1.97.